The summed E-state index contributed by atoms with van der Waals surface area (Å²) in [5, 5.41) is 9.70. The van der Waals surface area contributed by atoms with E-state index < -0.39 is 70.1 Å². The highest BCUT2D eigenvalue weighted by Crippen LogP contribution is 2.71. The summed E-state index contributed by atoms with van der Waals surface area (Å²) in [6.07, 6.45) is 0.671. The van der Waals surface area contributed by atoms with Crippen molar-refractivity contribution in [3.8, 4) is 0 Å². The zero-order valence-corrected chi connectivity index (χ0v) is 16.4. The molecule has 9 heteroatoms. The molecule has 144 valence electrons. The fourth-order valence-corrected chi connectivity index (χ4v) is 4.01. The van der Waals surface area contributed by atoms with Crippen molar-refractivity contribution in [2.75, 3.05) is 7.11 Å². The number of ether oxygens (including phenoxy) is 1. The van der Waals surface area contributed by atoms with Gasteiger partial charge in [-0.05, 0) is 27.8 Å². The summed E-state index contributed by atoms with van der Waals surface area (Å²) < 4.78 is 61.8. The van der Waals surface area contributed by atoms with E-state index in [1.54, 1.807) is 13.8 Å². The molecule has 0 bridgehead atoms. The van der Waals surface area contributed by atoms with Crippen molar-refractivity contribution in [3.63, 3.8) is 0 Å². The average Bonchev–Trinajstić information content (AvgIpc) is 3.01. The summed E-state index contributed by atoms with van der Waals surface area (Å²) in [7, 11) is 1.12. The van der Waals surface area contributed by atoms with Gasteiger partial charge in [0.05, 0.1) is 21.5 Å². The van der Waals surface area contributed by atoms with E-state index in [-0.39, 0.29) is 3.94 Å². The van der Waals surface area contributed by atoms with Crippen LogP contribution in [0, 0.1) is 40.0 Å². The quantitative estimate of drug-likeness (QED) is 0.474. The first-order valence-corrected chi connectivity index (χ1v) is 8.69. The van der Waals surface area contributed by atoms with Crippen LogP contribution in [-0.4, -0.2) is 18.2 Å². The zero-order valence-electron chi connectivity index (χ0n) is 14.1. The third-order valence-electron chi connectivity index (χ3n) is 5.24. The van der Waals surface area contributed by atoms with Gasteiger partial charge in [0, 0.05) is 18.6 Å². The summed E-state index contributed by atoms with van der Waals surface area (Å²) in [5.74, 6) is -8.45. The van der Waals surface area contributed by atoms with Crippen LogP contribution >= 0.6 is 27.5 Å². The second kappa shape index (κ2) is 7.13. The van der Waals surface area contributed by atoms with Gasteiger partial charge in [0.2, 0.25) is 0 Å². The lowest BCUT2D eigenvalue weighted by molar-refractivity contribution is -0.145. The molecular weight excluding hydrogens is 444 g/mol. The Labute approximate surface area is 161 Å². The van der Waals surface area contributed by atoms with E-state index in [1.165, 1.54) is 6.08 Å². The largest absolute Gasteiger partial charge is 0.481 e. The highest BCUT2D eigenvalue weighted by molar-refractivity contribution is 9.12. The van der Waals surface area contributed by atoms with Crippen molar-refractivity contribution in [1.29, 1.82) is 0 Å². The summed E-state index contributed by atoms with van der Waals surface area (Å²) in [4.78, 5) is 11.9. The van der Waals surface area contributed by atoms with Gasteiger partial charge in [-0.15, -0.1) is 0 Å². The number of carbonyl (C=O) groups is 1. The van der Waals surface area contributed by atoms with Crippen LogP contribution in [0.5, 0.6) is 0 Å². The Kier molecular flexibility index (Phi) is 5.81. The minimum absolute atomic E-state index is 0.132. The van der Waals surface area contributed by atoms with Gasteiger partial charge in [0.25, 0.3) is 0 Å². The first-order valence-electron chi connectivity index (χ1n) is 7.52. The molecule has 0 radical (unpaired) electrons. The van der Waals surface area contributed by atoms with E-state index in [2.05, 4.69) is 20.7 Å². The van der Waals surface area contributed by atoms with Crippen LogP contribution in [0.25, 0.3) is 0 Å². The van der Waals surface area contributed by atoms with Gasteiger partial charge in [0.15, 0.2) is 23.3 Å². The van der Waals surface area contributed by atoms with E-state index in [9.17, 15) is 27.5 Å². The maximum Gasteiger partial charge on any atom is 0.311 e. The van der Waals surface area contributed by atoms with Gasteiger partial charge < -0.3 is 9.84 Å². The highest BCUT2D eigenvalue weighted by Gasteiger charge is 2.74. The monoisotopic (exact) mass is 458 g/mol. The van der Waals surface area contributed by atoms with Gasteiger partial charge in [-0.1, -0.05) is 31.5 Å². The molecule has 1 aromatic rings. The minimum Gasteiger partial charge on any atom is -0.481 e. The van der Waals surface area contributed by atoms with Crippen LogP contribution in [0.4, 0.5) is 17.6 Å². The first-order chi connectivity index (χ1) is 11.9. The Morgan fingerprint density at radius 1 is 1.19 bits per heavy atom. The molecule has 0 aliphatic heterocycles. The van der Waals surface area contributed by atoms with Gasteiger partial charge in [0.1, 0.15) is 0 Å². The SMILES string of the molecule is COCc1c(F)c(F)c(C[C@@]2(C(=O)O)[C@@H](C=C(Cl)Br)C2(C)C)c(F)c1F. The number of rotatable bonds is 6. The van der Waals surface area contributed by atoms with Gasteiger partial charge in [-0.3, -0.25) is 4.79 Å². The van der Waals surface area contributed by atoms with E-state index in [0.29, 0.717) is 0 Å². The molecule has 3 nitrogen and oxygen atoms in total. The topological polar surface area (TPSA) is 46.5 Å². The minimum atomic E-state index is -1.66. The Morgan fingerprint density at radius 3 is 2.04 bits per heavy atom. The number of carboxylic acids is 1. The Balaban J connectivity index is 2.60. The van der Waals surface area contributed by atoms with Crippen LogP contribution in [0.3, 0.4) is 0 Å². The Morgan fingerprint density at radius 2 is 1.65 bits per heavy atom. The average molecular weight is 460 g/mol. The molecule has 26 heavy (non-hydrogen) atoms. The fourth-order valence-electron chi connectivity index (χ4n) is 3.62. The number of aliphatic carboxylic acids is 1. The molecular formula is C17H16BrClF4O3. The van der Waals surface area contributed by atoms with Crippen LogP contribution in [0.15, 0.2) is 10.0 Å². The van der Waals surface area contributed by atoms with Crippen molar-refractivity contribution >= 4 is 33.5 Å². The molecule has 2 atom stereocenters. The lowest BCUT2D eigenvalue weighted by Crippen LogP contribution is -2.26. The molecule has 1 aliphatic carbocycles. The maximum atomic E-state index is 14.4. The number of benzene rings is 1. The molecule has 0 aromatic heterocycles. The molecule has 1 fully saturated rings. The molecule has 1 aliphatic rings. The molecule has 0 unspecified atom stereocenters. The predicted molar refractivity (Wildman–Crippen MR) is 90.9 cm³/mol. The molecule has 1 saturated carbocycles. The second-order valence-corrected chi connectivity index (χ2v) is 8.47. The molecule has 0 heterocycles. The number of hydrogen-bond donors (Lipinski definition) is 1. The normalized spacial score (nSPS) is 24.7. The van der Waals surface area contributed by atoms with Gasteiger partial charge in [-0.2, -0.15) is 0 Å². The maximum absolute atomic E-state index is 14.4. The molecule has 1 N–H and O–H groups in total. The lowest BCUT2D eigenvalue weighted by atomic mass is 9.87. The second-order valence-electron chi connectivity index (χ2n) is 6.76. The number of allylic oxidation sites excluding steroid dienone is 1. The van der Waals surface area contributed by atoms with Gasteiger partial charge in [-0.25, -0.2) is 17.6 Å². The Hall–Kier alpha value is -1.12. The summed E-state index contributed by atoms with van der Waals surface area (Å²) in [6, 6.07) is 0. The van der Waals surface area contributed by atoms with E-state index in [4.69, 9.17) is 11.6 Å². The van der Waals surface area contributed by atoms with Crippen molar-refractivity contribution in [2.24, 2.45) is 16.7 Å². The van der Waals surface area contributed by atoms with Crippen molar-refractivity contribution in [2.45, 2.75) is 26.9 Å². The number of carboxylic acid groups (broad SMARTS) is 1. The van der Waals surface area contributed by atoms with Crippen LogP contribution < -0.4 is 0 Å². The number of hydrogen-bond acceptors (Lipinski definition) is 2. The molecule has 2 rings (SSSR count). The van der Waals surface area contributed by atoms with Crippen LogP contribution in [-0.2, 0) is 22.6 Å². The number of methoxy groups -OCH3 is 1. The van der Waals surface area contributed by atoms with E-state index >= 15 is 0 Å². The number of halogens is 6. The summed E-state index contributed by atoms with van der Waals surface area (Å²) in [5.41, 5.74) is -4.43. The van der Waals surface area contributed by atoms with Crippen molar-refractivity contribution in [3.05, 3.63) is 44.4 Å². The zero-order chi connectivity index (χ0) is 20.0. The van der Waals surface area contributed by atoms with Crippen LogP contribution in [0.1, 0.15) is 25.0 Å². The molecule has 1 aromatic carbocycles. The highest BCUT2D eigenvalue weighted by atomic mass is 79.9. The third-order valence-corrected chi connectivity index (χ3v) is 5.63. The fraction of sp³-hybridized carbons (Fsp3) is 0.471. The summed E-state index contributed by atoms with van der Waals surface area (Å²) in [6.45, 7) is 2.50. The standard InChI is InChI=1S/C17H16BrClF4O3/c1-16(2)9(4-10(18)19)17(16,15(24)25)5-7-11(20)13(22)8(6-26-3)14(23)12(7)21/h4,9H,5-6H2,1-3H3,(H,24,25)/t9-,17-/m0/s1. The summed E-state index contributed by atoms with van der Waals surface area (Å²) >= 11 is 8.73. The van der Waals surface area contributed by atoms with Crippen molar-refractivity contribution in [1.82, 2.24) is 0 Å². The predicted octanol–water partition coefficient (Wildman–Crippen LogP) is 5.13. The van der Waals surface area contributed by atoms with Crippen LogP contribution in [0.2, 0.25) is 0 Å². The Bertz CT molecular complexity index is 764. The lowest BCUT2D eigenvalue weighted by Gasteiger charge is -2.18. The molecule has 0 amide bonds. The van der Waals surface area contributed by atoms with E-state index in [0.717, 1.165) is 7.11 Å². The van der Waals surface area contributed by atoms with Crippen molar-refractivity contribution < 1.29 is 32.2 Å². The molecule has 0 saturated heterocycles. The molecule has 0 spiro atoms. The smallest absolute Gasteiger partial charge is 0.311 e. The first kappa shape index (κ1) is 21.2. The van der Waals surface area contributed by atoms with Gasteiger partial charge >= 0.3 is 5.97 Å². The van der Waals surface area contributed by atoms with E-state index in [1.807, 2.05) is 0 Å². The third kappa shape index (κ3) is 3.05.